The van der Waals surface area contributed by atoms with Gasteiger partial charge < -0.3 is 4.74 Å². The Morgan fingerprint density at radius 1 is 0.889 bits per heavy atom. The molecular formula is C22H18ClNO3. The third kappa shape index (κ3) is 2.67. The van der Waals surface area contributed by atoms with Crippen molar-refractivity contribution in [3.8, 4) is 5.75 Å². The molecule has 136 valence electrons. The Morgan fingerprint density at radius 3 is 2.07 bits per heavy atom. The lowest BCUT2D eigenvalue weighted by molar-refractivity contribution is -0.123. The van der Waals surface area contributed by atoms with Crippen LogP contribution in [0.15, 0.2) is 60.7 Å². The number of fused-ring (bicyclic) bond motifs is 5. The second-order valence-electron chi connectivity index (χ2n) is 7.42. The molecule has 0 spiro atoms. The number of allylic oxidation sites excluding steroid dienone is 2. The van der Waals surface area contributed by atoms with Crippen LogP contribution >= 0.6 is 11.6 Å². The molecular weight excluding hydrogens is 362 g/mol. The molecule has 2 aromatic rings. The maximum Gasteiger partial charge on any atom is 0.238 e. The summed E-state index contributed by atoms with van der Waals surface area (Å²) in [5.41, 5.74) is 1.64. The number of amides is 2. The van der Waals surface area contributed by atoms with Gasteiger partial charge in [0.1, 0.15) is 12.4 Å². The van der Waals surface area contributed by atoms with Gasteiger partial charge in [0.05, 0.1) is 17.5 Å². The van der Waals surface area contributed by atoms with Gasteiger partial charge in [-0.1, -0.05) is 35.9 Å². The normalized spacial score (nSPS) is 28.1. The van der Waals surface area contributed by atoms with Crippen molar-refractivity contribution in [2.75, 3.05) is 4.90 Å². The summed E-state index contributed by atoms with van der Waals surface area (Å²) in [7, 11) is 0. The first-order valence-corrected chi connectivity index (χ1v) is 9.53. The van der Waals surface area contributed by atoms with E-state index in [2.05, 4.69) is 12.2 Å². The van der Waals surface area contributed by atoms with E-state index in [1.807, 2.05) is 24.3 Å². The highest BCUT2D eigenvalue weighted by atomic mass is 35.5. The molecule has 1 aliphatic heterocycles. The van der Waals surface area contributed by atoms with Crippen LogP contribution in [-0.2, 0) is 16.2 Å². The molecule has 4 atom stereocenters. The fraction of sp³-hybridized carbons (Fsp3) is 0.273. The Bertz CT molecular complexity index is 905. The van der Waals surface area contributed by atoms with Crippen molar-refractivity contribution in [2.45, 2.75) is 13.0 Å². The summed E-state index contributed by atoms with van der Waals surface area (Å²) < 4.78 is 5.78. The van der Waals surface area contributed by atoms with E-state index in [4.69, 9.17) is 16.3 Å². The number of ether oxygens (including phenoxy) is 1. The second-order valence-corrected chi connectivity index (χ2v) is 7.86. The van der Waals surface area contributed by atoms with Gasteiger partial charge in [0.15, 0.2) is 0 Å². The van der Waals surface area contributed by atoms with Gasteiger partial charge in [0, 0.05) is 5.02 Å². The molecule has 3 aliphatic rings. The van der Waals surface area contributed by atoms with Gasteiger partial charge in [-0.05, 0) is 60.2 Å². The van der Waals surface area contributed by atoms with Crippen LogP contribution in [0.1, 0.15) is 12.0 Å². The van der Waals surface area contributed by atoms with Crippen LogP contribution in [0.3, 0.4) is 0 Å². The van der Waals surface area contributed by atoms with Crippen molar-refractivity contribution < 1.29 is 14.3 Å². The molecule has 0 N–H and O–H groups in total. The van der Waals surface area contributed by atoms with Gasteiger partial charge in [-0.3, -0.25) is 14.5 Å². The topological polar surface area (TPSA) is 46.6 Å². The van der Waals surface area contributed by atoms with Gasteiger partial charge in [-0.25, -0.2) is 0 Å². The van der Waals surface area contributed by atoms with Crippen molar-refractivity contribution in [1.82, 2.24) is 0 Å². The van der Waals surface area contributed by atoms with Crippen LogP contribution in [0.4, 0.5) is 5.69 Å². The van der Waals surface area contributed by atoms with Crippen LogP contribution in [0.5, 0.6) is 5.75 Å². The highest BCUT2D eigenvalue weighted by Crippen LogP contribution is 2.53. The fourth-order valence-corrected chi connectivity index (χ4v) is 4.72. The molecule has 1 saturated carbocycles. The minimum atomic E-state index is -0.173. The first kappa shape index (κ1) is 16.6. The lowest BCUT2D eigenvalue weighted by Crippen LogP contribution is -2.32. The molecule has 27 heavy (non-hydrogen) atoms. The van der Waals surface area contributed by atoms with Gasteiger partial charge >= 0.3 is 0 Å². The van der Waals surface area contributed by atoms with E-state index >= 15 is 0 Å². The number of carbonyl (C=O) groups is 2. The van der Waals surface area contributed by atoms with Crippen LogP contribution < -0.4 is 9.64 Å². The Labute approximate surface area is 162 Å². The molecule has 5 rings (SSSR count). The summed E-state index contributed by atoms with van der Waals surface area (Å²) >= 11 is 5.88. The summed E-state index contributed by atoms with van der Waals surface area (Å²) in [6.45, 7) is 0.428. The van der Waals surface area contributed by atoms with Gasteiger partial charge in [-0.2, -0.15) is 0 Å². The number of carbonyl (C=O) groups excluding carboxylic acids is 2. The number of benzene rings is 2. The fourth-order valence-electron chi connectivity index (χ4n) is 4.60. The Kier molecular flexibility index (Phi) is 3.83. The zero-order valence-electron chi connectivity index (χ0n) is 14.5. The number of halogens is 1. The van der Waals surface area contributed by atoms with Crippen molar-refractivity contribution >= 4 is 29.1 Å². The van der Waals surface area contributed by atoms with E-state index in [1.165, 1.54) is 4.90 Å². The smallest absolute Gasteiger partial charge is 0.238 e. The highest BCUT2D eigenvalue weighted by Gasteiger charge is 2.59. The van der Waals surface area contributed by atoms with Crippen LogP contribution in [0, 0.1) is 23.7 Å². The summed E-state index contributed by atoms with van der Waals surface area (Å²) in [5, 5.41) is 0.691. The van der Waals surface area contributed by atoms with Gasteiger partial charge in [0.25, 0.3) is 0 Å². The Morgan fingerprint density at radius 2 is 1.48 bits per heavy atom. The summed E-state index contributed by atoms with van der Waals surface area (Å²) in [6.07, 6.45) is 5.15. The van der Waals surface area contributed by atoms with Crippen molar-refractivity contribution in [3.05, 3.63) is 71.3 Å². The maximum atomic E-state index is 12.8. The highest BCUT2D eigenvalue weighted by molar-refractivity contribution is 6.30. The molecule has 1 saturated heterocycles. The Hall–Kier alpha value is -2.59. The zero-order valence-corrected chi connectivity index (χ0v) is 15.3. The van der Waals surface area contributed by atoms with Crippen LogP contribution in [-0.4, -0.2) is 11.8 Å². The number of anilines is 1. The first-order chi connectivity index (χ1) is 13.1. The number of rotatable bonds is 4. The lowest BCUT2D eigenvalue weighted by atomic mass is 9.85. The molecule has 2 aliphatic carbocycles. The molecule has 5 heteroatoms. The predicted molar refractivity (Wildman–Crippen MR) is 102 cm³/mol. The molecule has 2 fully saturated rings. The molecule has 0 unspecified atom stereocenters. The van der Waals surface area contributed by atoms with Crippen molar-refractivity contribution in [2.24, 2.45) is 23.7 Å². The standard InChI is InChI=1S/C22H18ClNO3/c23-16-5-1-13(2-6-16)12-27-18-9-7-17(8-10-18)24-21(25)19-14-3-4-15(11-14)20(19)22(24)26/h1-10,14-15,19-20H,11-12H2/t14-,15-,19-,20+/m0/s1. The largest absolute Gasteiger partial charge is 0.489 e. The quantitative estimate of drug-likeness (QED) is 0.590. The number of nitrogens with zero attached hydrogens (tertiary/aromatic N) is 1. The SMILES string of the molecule is O=C1[C@@H]2[C@H](C(=O)N1c1ccc(OCc3ccc(Cl)cc3)cc1)[C@H]1C=C[C@H]2C1. The summed E-state index contributed by atoms with van der Waals surface area (Å²) in [6, 6.07) is 14.6. The van der Waals surface area contributed by atoms with E-state index in [9.17, 15) is 9.59 Å². The average Bonchev–Trinajstić information content (AvgIpc) is 3.36. The molecule has 4 nitrogen and oxygen atoms in total. The molecule has 2 aromatic carbocycles. The van der Waals surface area contributed by atoms with Gasteiger partial charge in [-0.15, -0.1) is 0 Å². The third-order valence-electron chi connectivity index (χ3n) is 5.88. The zero-order chi connectivity index (χ0) is 18.5. The predicted octanol–water partition coefficient (Wildman–Crippen LogP) is 4.23. The number of hydrogen-bond acceptors (Lipinski definition) is 3. The number of imide groups is 1. The monoisotopic (exact) mass is 379 g/mol. The average molecular weight is 380 g/mol. The third-order valence-corrected chi connectivity index (χ3v) is 6.14. The summed E-state index contributed by atoms with van der Waals surface area (Å²) in [5.74, 6) is 0.677. The van der Waals surface area contributed by atoms with Crippen molar-refractivity contribution in [1.29, 1.82) is 0 Å². The molecule has 0 aromatic heterocycles. The maximum absolute atomic E-state index is 12.8. The van der Waals surface area contributed by atoms with E-state index in [-0.39, 0.29) is 35.5 Å². The number of hydrogen-bond donors (Lipinski definition) is 0. The lowest BCUT2D eigenvalue weighted by Gasteiger charge is -2.17. The van der Waals surface area contributed by atoms with E-state index in [0.717, 1.165) is 12.0 Å². The Balaban J connectivity index is 1.30. The van der Waals surface area contributed by atoms with E-state index in [0.29, 0.717) is 23.1 Å². The molecule has 2 bridgehead atoms. The van der Waals surface area contributed by atoms with E-state index < -0.39 is 0 Å². The van der Waals surface area contributed by atoms with Crippen LogP contribution in [0.25, 0.3) is 0 Å². The van der Waals surface area contributed by atoms with E-state index in [1.54, 1.807) is 24.3 Å². The molecule has 0 radical (unpaired) electrons. The first-order valence-electron chi connectivity index (χ1n) is 9.15. The molecule has 2 amide bonds. The minimum absolute atomic E-state index is 0.0586. The van der Waals surface area contributed by atoms with Gasteiger partial charge in [0.2, 0.25) is 11.8 Å². The van der Waals surface area contributed by atoms with Crippen LogP contribution in [0.2, 0.25) is 5.02 Å². The summed E-state index contributed by atoms with van der Waals surface area (Å²) in [4.78, 5) is 27.0. The minimum Gasteiger partial charge on any atom is -0.489 e. The van der Waals surface area contributed by atoms with Crippen molar-refractivity contribution in [3.63, 3.8) is 0 Å². The second kappa shape index (κ2) is 6.24. The molecule has 1 heterocycles.